The Bertz CT molecular complexity index is 775. The number of anilines is 1. The summed E-state index contributed by atoms with van der Waals surface area (Å²) >= 11 is 11.6. The summed E-state index contributed by atoms with van der Waals surface area (Å²) in [4.78, 5) is 37.3. The number of aromatic nitrogens is 2. The third-order valence-corrected chi connectivity index (χ3v) is 2.98. The minimum atomic E-state index is -0.695. The van der Waals surface area contributed by atoms with E-state index < -0.39 is 17.2 Å². The number of carbonyl (C=O) groups is 1. The molecule has 0 aliphatic carbocycles. The van der Waals surface area contributed by atoms with E-state index in [4.69, 9.17) is 23.2 Å². The molecule has 1 heterocycles. The van der Waals surface area contributed by atoms with Crippen molar-refractivity contribution in [1.29, 1.82) is 0 Å². The summed E-state index contributed by atoms with van der Waals surface area (Å²) in [5.41, 5.74) is -1.14. The molecule has 0 aliphatic rings. The molecular formula is C12H9Cl2N3O3. The van der Waals surface area contributed by atoms with Crippen LogP contribution in [0.25, 0.3) is 0 Å². The van der Waals surface area contributed by atoms with Crippen LogP contribution in [0.15, 0.2) is 34.0 Å². The van der Waals surface area contributed by atoms with Crippen molar-refractivity contribution < 1.29 is 4.79 Å². The number of amides is 1. The fourth-order valence-corrected chi connectivity index (χ4v) is 2.08. The third kappa shape index (κ3) is 2.92. The summed E-state index contributed by atoms with van der Waals surface area (Å²) in [5.74, 6) is -0.666. The molecule has 1 amide bonds. The highest BCUT2D eigenvalue weighted by Gasteiger charge is 2.13. The molecule has 0 radical (unpaired) electrons. The Labute approximate surface area is 123 Å². The van der Waals surface area contributed by atoms with Gasteiger partial charge in [0, 0.05) is 29.0 Å². The van der Waals surface area contributed by atoms with E-state index in [0.29, 0.717) is 15.7 Å². The van der Waals surface area contributed by atoms with Crippen LogP contribution in [0, 0.1) is 0 Å². The van der Waals surface area contributed by atoms with Crippen molar-refractivity contribution in [3.05, 3.63) is 60.8 Å². The van der Waals surface area contributed by atoms with Gasteiger partial charge in [-0.25, -0.2) is 4.79 Å². The van der Waals surface area contributed by atoms with Gasteiger partial charge in [-0.2, -0.15) is 0 Å². The van der Waals surface area contributed by atoms with E-state index in [1.54, 1.807) is 0 Å². The molecule has 2 N–H and O–H groups in total. The van der Waals surface area contributed by atoms with Gasteiger partial charge in [0.15, 0.2) is 0 Å². The van der Waals surface area contributed by atoms with Gasteiger partial charge < -0.3 is 10.3 Å². The predicted octanol–water partition coefficient (Wildman–Crippen LogP) is 1.63. The first kappa shape index (κ1) is 14.4. The SMILES string of the molecule is Cn1c(=O)[nH]cc(C(=O)Nc2cc(Cl)cc(Cl)c2)c1=O. The Kier molecular flexibility index (Phi) is 3.96. The summed E-state index contributed by atoms with van der Waals surface area (Å²) < 4.78 is 0.805. The molecule has 0 saturated carbocycles. The quantitative estimate of drug-likeness (QED) is 0.884. The van der Waals surface area contributed by atoms with Gasteiger partial charge in [0.25, 0.3) is 11.5 Å². The Morgan fingerprint density at radius 1 is 1.20 bits per heavy atom. The van der Waals surface area contributed by atoms with E-state index in [2.05, 4.69) is 10.3 Å². The highest BCUT2D eigenvalue weighted by atomic mass is 35.5. The Balaban J connectivity index is 2.36. The second-order valence-corrected chi connectivity index (χ2v) is 4.86. The van der Waals surface area contributed by atoms with Gasteiger partial charge in [0.05, 0.1) is 0 Å². The van der Waals surface area contributed by atoms with Gasteiger partial charge in [-0.1, -0.05) is 23.2 Å². The first-order valence-corrected chi connectivity index (χ1v) is 6.20. The van der Waals surface area contributed by atoms with Crippen molar-refractivity contribution >= 4 is 34.8 Å². The molecule has 0 spiro atoms. The van der Waals surface area contributed by atoms with E-state index in [1.807, 2.05) is 0 Å². The predicted molar refractivity (Wildman–Crippen MR) is 76.7 cm³/mol. The number of aromatic amines is 1. The number of hydrogen-bond acceptors (Lipinski definition) is 3. The van der Waals surface area contributed by atoms with E-state index in [1.165, 1.54) is 25.2 Å². The van der Waals surface area contributed by atoms with Crippen molar-refractivity contribution in [2.24, 2.45) is 7.05 Å². The highest BCUT2D eigenvalue weighted by molar-refractivity contribution is 6.35. The van der Waals surface area contributed by atoms with Crippen molar-refractivity contribution in [3.8, 4) is 0 Å². The Morgan fingerprint density at radius 3 is 2.40 bits per heavy atom. The summed E-state index contributed by atoms with van der Waals surface area (Å²) in [6.07, 6.45) is 1.06. The smallest absolute Gasteiger partial charge is 0.322 e. The molecular weight excluding hydrogens is 305 g/mol. The second kappa shape index (κ2) is 5.52. The molecule has 1 aromatic carbocycles. The van der Waals surface area contributed by atoms with Crippen LogP contribution < -0.4 is 16.6 Å². The summed E-state index contributed by atoms with van der Waals surface area (Å²) in [6, 6.07) is 4.49. The van der Waals surface area contributed by atoms with Crippen molar-refractivity contribution in [1.82, 2.24) is 9.55 Å². The summed E-state index contributed by atoms with van der Waals surface area (Å²) in [5, 5.41) is 3.18. The molecule has 8 heteroatoms. The number of halogens is 2. The Hall–Kier alpha value is -2.05. The average Bonchev–Trinajstić information content (AvgIpc) is 2.34. The zero-order valence-electron chi connectivity index (χ0n) is 10.2. The number of nitrogens with zero attached hydrogens (tertiary/aromatic N) is 1. The molecule has 1 aromatic heterocycles. The molecule has 2 rings (SSSR count). The number of hydrogen-bond donors (Lipinski definition) is 2. The molecule has 2 aromatic rings. The fraction of sp³-hybridized carbons (Fsp3) is 0.0833. The monoisotopic (exact) mass is 313 g/mol. The number of benzene rings is 1. The second-order valence-electron chi connectivity index (χ2n) is 3.98. The van der Waals surface area contributed by atoms with E-state index in [0.717, 1.165) is 10.8 Å². The van der Waals surface area contributed by atoms with Crippen LogP contribution in [0.3, 0.4) is 0 Å². The molecule has 104 valence electrons. The van der Waals surface area contributed by atoms with Crippen LogP contribution in [0.4, 0.5) is 5.69 Å². The molecule has 0 bridgehead atoms. The molecule has 0 saturated heterocycles. The zero-order valence-corrected chi connectivity index (χ0v) is 11.7. The number of rotatable bonds is 2. The van der Waals surface area contributed by atoms with Crippen LogP contribution in [0.5, 0.6) is 0 Å². The molecule has 6 nitrogen and oxygen atoms in total. The van der Waals surface area contributed by atoms with Crippen LogP contribution in [-0.4, -0.2) is 15.5 Å². The lowest BCUT2D eigenvalue weighted by atomic mass is 10.2. The van der Waals surface area contributed by atoms with E-state index in [9.17, 15) is 14.4 Å². The number of H-pyrrole nitrogens is 1. The van der Waals surface area contributed by atoms with Crippen LogP contribution >= 0.6 is 23.2 Å². The third-order valence-electron chi connectivity index (χ3n) is 2.54. The fourth-order valence-electron chi connectivity index (χ4n) is 1.55. The van der Waals surface area contributed by atoms with Gasteiger partial charge in [-0.15, -0.1) is 0 Å². The first-order chi connectivity index (χ1) is 9.38. The minimum absolute atomic E-state index is 0.191. The maximum Gasteiger partial charge on any atom is 0.328 e. The molecule has 20 heavy (non-hydrogen) atoms. The highest BCUT2D eigenvalue weighted by Crippen LogP contribution is 2.22. The van der Waals surface area contributed by atoms with Crippen molar-refractivity contribution in [3.63, 3.8) is 0 Å². The van der Waals surface area contributed by atoms with Crippen molar-refractivity contribution in [2.75, 3.05) is 5.32 Å². The molecule has 0 aliphatic heterocycles. The van der Waals surface area contributed by atoms with Gasteiger partial charge in [-0.3, -0.25) is 14.2 Å². The van der Waals surface area contributed by atoms with Crippen LogP contribution in [-0.2, 0) is 7.05 Å². The van der Waals surface area contributed by atoms with Crippen molar-refractivity contribution in [2.45, 2.75) is 0 Å². The van der Waals surface area contributed by atoms with E-state index >= 15 is 0 Å². The largest absolute Gasteiger partial charge is 0.328 e. The van der Waals surface area contributed by atoms with Gasteiger partial charge in [-0.05, 0) is 18.2 Å². The average molecular weight is 314 g/mol. The summed E-state index contributed by atoms with van der Waals surface area (Å²) in [6.45, 7) is 0. The normalized spacial score (nSPS) is 10.3. The van der Waals surface area contributed by atoms with Gasteiger partial charge >= 0.3 is 5.69 Å². The Morgan fingerprint density at radius 2 is 1.80 bits per heavy atom. The summed E-state index contributed by atoms with van der Waals surface area (Å²) in [7, 11) is 1.27. The number of carbonyl (C=O) groups excluding carboxylic acids is 1. The van der Waals surface area contributed by atoms with Crippen LogP contribution in [0.2, 0.25) is 10.0 Å². The maximum absolute atomic E-state index is 12.0. The minimum Gasteiger partial charge on any atom is -0.322 e. The molecule has 0 atom stereocenters. The standard InChI is InChI=1S/C12H9Cl2N3O3/c1-17-11(19)9(5-15-12(17)20)10(18)16-8-3-6(13)2-7(14)4-8/h2-5H,1H3,(H,15,20)(H,16,18). The zero-order chi connectivity index (χ0) is 14.9. The van der Waals surface area contributed by atoms with Crippen LogP contribution in [0.1, 0.15) is 10.4 Å². The van der Waals surface area contributed by atoms with Gasteiger partial charge in [0.1, 0.15) is 5.56 Å². The lowest BCUT2D eigenvalue weighted by molar-refractivity contribution is 0.102. The number of nitrogens with one attached hydrogen (secondary N) is 2. The van der Waals surface area contributed by atoms with E-state index in [-0.39, 0.29) is 5.56 Å². The van der Waals surface area contributed by atoms with Gasteiger partial charge in [0.2, 0.25) is 0 Å². The maximum atomic E-state index is 12.0. The molecule has 0 unspecified atom stereocenters. The lowest BCUT2D eigenvalue weighted by Gasteiger charge is -2.06. The topological polar surface area (TPSA) is 84.0 Å². The lowest BCUT2D eigenvalue weighted by Crippen LogP contribution is -2.37. The molecule has 0 fully saturated rings. The first-order valence-electron chi connectivity index (χ1n) is 5.44.